The quantitative estimate of drug-likeness (QED) is 0.697. The van der Waals surface area contributed by atoms with E-state index in [2.05, 4.69) is 11.5 Å². The van der Waals surface area contributed by atoms with Gasteiger partial charge in [0, 0.05) is 30.1 Å². The molecule has 1 aliphatic rings. The molecule has 4 heteroatoms. The number of nitrogens with two attached hydrogens (primary N) is 1. The van der Waals surface area contributed by atoms with Crippen LogP contribution in [0.1, 0.15) is 26.4 Å². The van der Waals surface area contributed by atoms with Crippen LogP contribution in [-0.2, 0) is 13.0 Å². The molecule has 0 radical (unpaired) electrons. The van der Waals surface area contributed by atoms with Crippen molar-refractivity contribution in [2.45, 2.75) is 13.0 Å². The summed E-state index contributed by atoms with van der Waals surface area (Å²) in [4.78, 5) is 16.2. The van der Waals surface area contributed by atoms with Gasteiger partial charge in [0.05, 0.1) is 10.6 Å². The smallest absolute Gasteiger partial charge is 0.196 e. The average molecular weight is 298 g/mol. The molecule has 0 aliphatic carbocycles. The summed E-state index contributed by atoms with van der Waals surface area (Å²) < 4.78 is 0. The minimum absolute atomic E-state index is 0.0442. The fourth-order valence-corrected chi connectivity index (χ4v) is 3.96. The Morgan fingerprint density at radius 1 is 1.38 bits per heavy atom. The Kier molecular flexibility index (Phi) is 3.90. The van der Waals surface area contributed by atoms with Gasteiger partial charge in [-0.3, -0.25) is 9.69 Å². The molecule has 2 heterocycles. The summed E-state index contributed by atoms with van der Waals surface area (Å²) in [5, 5.41) is 0.648. The third-order valence-corrected chi connectivity index (χ3v) is 4.86. The van der Waals surface area contributed by atoms with E-state index in [1.54, 1.807) is 11.3 Å². The third kappa shape index (κ3) is 2.64. The second kappa shape index (κ2) is 5.84. The molecule has 3 rings (SSSR count). The highest BCUT2D eigenvalue weighted by molar-refractivity contribution is 7.16. The number of nitrogen functional groups attached to an aromatic ring is 1. The van der Waals surface area contributed by atoms with Gasteiger partial charge in [-0.1, -0.05) is 36.4 Å². The van der Waals surface area contributed by atoms with E-state index in [0.717, 1.165) is 37.2 Å². The second-order valence-corrected chi connectivity index (χ2v) is 6.35. The molecule has 1 aromatic heterocycles. The molecular weight excluding hydrogens is 280 g/mol. The zero-order chi connectivity index (χ0) is 14.8. The van der Waals surface area contributed by atoms with E-state index in [-0.39, 0.29) is 5.78 Å². The van der Waals surface area contributed by atoms with Gasteiger partial charge >= 0.3 is 0 Å². The van der Waals surface area contributed by atoms with Crippen molar-refractivity contribution < 1.29 is 4.79 Å². The highest BCUT2D eigenvalue weighted by Gasteiger charge is 2.26. The van der Waals surface area contributed by atoms with Crippen molar-refractivity contribution in [1.82, 2.24) is 4.90 Å². The Labute approximate surface area is 128 Å². The molecular formula is C17H18N2OS. The number of nitrogens with zero attached hydrogens (tertiary/aromatic N) is 1. The Balaban J connectivity index is 1.95. The van der Waals surface area contributed by atoms with Gasteiger partial charge in [0.2, 0.25) is 0 Å². The Hall–Kier alpha value is -1.91. The van der Waals surface area contributed by atoms with E-state index in [1.165, 1.54) is 4.88 Å². The largest absolute Gasteiger partial charge is 0.390 e. The number of fused-ring (bicyclic) bond motifs is 1. The molecule has 0 fully saturated rings. The van der Waals surface area contributed by atoms with Gasteiger partial charge < -0.3 is 5.73 Å². The summed E-state index contributed by atoms with van der Waals surface area (Å²) in [5.74, 6) is 0.0442. The number of carbonyl (C=O) groups is 1. The highest BCUT2D eigenvalue weighted by Crippen LogP contribution is 2.36. The van der Waals surface area contributed by atoms with Crippen LogP contribution < -0.4 is 5.73 Å². The predicted molar refractivity (Wildman–Crippen MR) is 87.8 cm³/mol. The number of thiophene rings is 1. The first-order valence-electron chi connectivity index (χ1n) is 7.03. The lowest BCUT2D eigenvalue weighted by molar-refractivity contribution is 0.103. The van der Waals surface area contributed by atoms with Crippen molar-refractivity contribution in [3.8, 4) is 0 Å². The zero-order valence-corrected chi connectivity index (χ0v) is 12.7. The van der Waals surface area contributed by atoms with E-state index >= 15 is 0 Å². The molecule has 108 valence electrons. The summed E-state index contributed by atoms with van der Waals surface area (Å²) in [6.45, 7) is 6.47. The molecule has 0 spiro atoms. The maximum Gasteiger partial charge on any atom is 0.196 e. The van der Waals surface area contributed by atoms with Crippen molar-refractivity contribution >= 4 is 22.1 Å². The van der Waals surface area contributed by atoms with Crippen LogP contribution in [0.2, 0.25) is 0 Å². The van der Waals surface area contributed by atoms with E-state index in [1.807, 2.05) is 36.4 Å². The molecule has 0 bridgehead atoms. The fraction of sp³-hybridized carbons (Fsp3) is 0.235. The first-order chi connectivity index (χ1) is 10.2. The molecule has 1 aromatic carbocycles. The van der Waals surface area contributed by atoms with Gasteiger partial charge in [0.1, 0.15) is 0 Å². The molecule has 21 heavy (non-hydrogen) atoms. The van der Waals surface area contributed by atoms with E-state index in [4.69, 9.17) is 5.73 Å². The van der Waals surface area contributed by atoms with Crippen LogP contribution >= 0.6 is 11.3 Å². The van der Waals surface area contributed by atoms with Crippen LogP contribution in [0.3, 0.4) is 0 Å². The molecule has 1 aliphatic heterocycles. The minimum Gasteiger partial charge on any atom is -0.390 e. The number of anilines is 1. The Morgan fingerprint density at radius 2 is 2.14 bits per heavy atom. The number of benzene rings is 1. The van der Waals surface area contributed by atoms with Crippen LogP contribution in [0.15, 0.2) is 43.0 Å². The van der Waals surface area contributed by atoms with Gasteiger partial charge in [-0.15, -0.1) is 17.9 Å². The van der Waals surface area contributed by atoms with Gasteiger partial charge in [-0.2, -0.15) is 0 Å². The minimum atomic E-state index is 0.0442. The third-order valence-electron chi connectivity index (χ3n) is 3.81. The number of ketones is 1. The van der Waals surface area contributed by atoms with Crippen molar-refractivity contribution in [2.24, 2.45) is 0 Å². The zero-order valence-electron chi connectivity index (χ0n) is 11.8. The van der Waals surface area contributed by atoms with Crippen molar-refractivity contribution in [3.05, 3.63) is 64.6 Å². The van der Waals surface area contributed by atoms with Crippen LogP contribution in [0.5, 0.6) is 0 Å². The molecule has 3 nitrogen and oxygen atoms in total. The topological polar surface area (TPSA) is 46.3 Å². The average Bonchev–Trinajstić information content (AvgIpc) is 2.83. The lowest BCUT2D eigenvalue weighted by Crippen LogP contribution is -2.30. The Bertz CT molecular complexity index is 676. The van der Waals surface area contributed by atoms with Crippen LogP contribution in [0, 0.1) is 0 Å². The highest BCUT2D eigenvalue weighted by atomic mass is 32.1. The molecule has 0 atom stereocenters. The van der Waals surface area contributed by atoms with E-state index in [0.29, 0.717) is 10.6 Å². The molecule has 0 unspecified atom stereocenters. The van der Waals surface area contributed by atoms with E-state index < -0.39 is 0 Å². The summed E-state index contributed by atoms with van der Waals surface area (Å²) in [7, 11) is 0. The summed E-state index contributed by atoms with van der Waals surface area (Å²) in [6, 6.07) is 9.37. The number of hydrogen-bond acceptors (Lipinski definition) is 4. The molecule has 0 saturated heterocycles. The monoisotopic (exact) mass is 298 g/mol. The lowest BCUT2D eigenvalue weighted by Gasteiger charge is -2.25. The van der Waals surface area contributed by atoms with Gasteiger partial charge in [-0.25, -0.2) is 0 Å². The molecule has 2 aromatic rings. The number of hydrogen-bond donors (Lipinski definition) is 1. The Morgan fingerprint density at radius 3 is 2.86 bits per heavy atom. The summed E-state index contributed by atoms with van der Waals surface area (Å²) >= 11 is 1.55. The number of rotatable bonds is 4. The van der Waals surface area contributed by atoms with Crippen molar-refractivity contribution in [2.75, 3.05) is 18.8 Å². The first kappa shape index (κ1) is 14.0. The number of carbonyl (C=O) groups excluding carboxylic acids is 1. The van der Waals surface area contributed by atoms with Gasteiger partial charge in [-0.05, 0) is 12.0 Å². The maximum absolute atomic E-state index is 12.7. The normalized spacial score (nSPS) is 14.7. The van der Waals surface area contributed by atoms with Crippen LogP contribution in [0.25, 0.3) is 0 Å². The lowest BCUT2D eigenvalue weighted by atomic mass is 9.96. The second-order valence-electron chi connectivity index (χ2n) is 5.21. The molecule has 0 saturated carbocycles. The summed E-state index contributed by atoms with van der Waals surface area (Å²) in [5.41, 5.74) is 8.71. The fourth-order valence-electron chi connectivity index (χ4n) is 2.80. The SMILES string of the molecule is C=CCN1CCc2c(sc(N)c2C(=O)c2ccccc2)C1. The van der Waals surface area contributed by atoms with Crippen molar-refractivity contribution in [3.63, 3.8) is 0 Å². The van der Waals surface area contributed by atoms with E-state index in [9.17, 15) is 4.79 Å². The van der Waals surface area contributed by atoms with Crippen LogP contribution in [0.4, 0.5) is 5.00 Å². The predicted octanol–water partition coefficient (Wildman–Crippen LogP) is 3.11. The van der Waals surface area contributed by atoms with Gasteiger partial charge in [0.25, 0.3) is 0 Å². The first-order valence-corrected chi connectivity index (χ1v) is 7.85. The van der Waals surface area contributed by atoms with Crippen molar-refractivity contribution in [1.29, 1.82) is 0 Å². The standard InChI is InChI=1S/C17H18N2OS/c1-2-9-19-10-8-13-14(11-19)21-17(18)15(13)16(20)12-6-4-3-5-7-12/h2-7H,1,8-11,18H2. The van der Waals surface area contributed by atoms with Gasteiger partial charge in [0.15, 0.2) is 5.78 Å². The van der Waals surface area contributed by atoms with Crippen LogP contribution in [-0.4, -0.2) is 23.8 Å². The molecule has 0 amide bonds. The molecule has 2 N–H and O–H groups in total. The maximum atomic E-state index is 12.7. The summed E-state index contributed by atoms with van der Waals surface area (Å²) in [6.07, 6.45) is 2.79.